The van der Waals surface area contributed by atoms with E-state index in [9.17, 15) is 0 Å². The van der Waals surface area contributed by atoms with Crippen molar-refractivity contribution < 1.29 is 9.47 Å². The van der Waals surface area contributed by atoms with E-state index in [2.05, 4.69) is 6.07 Å². The van der Waals surface area contributed by atoms with Gasteiger partial charge in [-0.05, 0) is 43.0 Å². The molecule has 0 aromatic heterocycles. The molecule has 0 spiro atoms. The van der Waals surface area contributed by atoms with Crippen molar-refractivity contribution in [1.29, 1.82) is 0 Å². The number of ether oxygens (including phenoxy) is 2. The second-order valence-electron chi connectivity index (χ2n) is 4.24. The summed E-state index contributed by atoms with van der Waals surface area (Å²) in [5, 5.41) is 0.766. The minimum absolute atomic E-state index is 0.356. The third-order valence-electron chi connectivity index (χ3n) is 2.88. The van der Waals surface area contributed by atoms with Crippen LogP contribution in [0.15, 0.2) is 24.3 Å². The second kappa shape index (κ2) is 9.34. The molecule has 0 radical (unpaired) electrons. The summed E-state index contributed by atoms with van der Waals surface area (Å²) in [5.74, 6) is 0.356. The summed E-state index contributed by atoms with van der Waals surface area (Å²) in [6.45, 7) is 2.69. The van der Waals surface area contributed by atoms with Gasteiger partial charge in [0, 0.05) is 18.7 Å². The van der Waals surface area contributed by atoms with E-state index in [0.717, 1.165) is 24.5 Å². The van der Waals surface area contributed by atoms with Crippen molar-refractivity contribution in [2.45, 2.75) is 18.8 Å². The zero-order valence-electron chi connectivity index (χ0n) is 10.9. The summed E-state index contributed by atoms with van der Waals surface area (Å²) in [7, 11) is 1.67. The molecule has 102 valence electrons. The van der Waals surface area contributed by atoms with Crippen LogP contribution in [0.2, 0.25) is 5.02 Å². The molecule has 0 heterocycles. The largest absolute Gasteiger partial charge is 0.382 e. The van der Waals surface area contributed by atoms with Crippen molar-refractivity contribution in [2.75, 3.05) is 33.5 Å². The van der Waals surface area contributed by atoms with E-state index >= 15 is 0 Å². The maximum Gasteiger partial charge on any atom is 0.0700 e. The van der Waals surface area contributed by atoms with E-state index in [1.807, 2.05) is 18.2 Å². The number of nitrogens with two attached hydrogens (primary N) is 1. The van der Waals surface area contributed by atoms with Gasteiger partial charge in [0.2, 0.25) is 0 Å². The van der Waals surface area contributed by atoms with Crippen molar-refractivity contribution in [3.05, 3.63) is 34.9 Å². The number of methoxy groups -OCH3 is 1. The predicted molar refractivity (Wildman–Crippen MR) is 75.2 cm³/mol. The van der Waals surface area contributed by atoms with Gasteiger partial charge in [-0.2, -0.15) is 0 Å². The molecule has 0 amide bonds. The molecular formula is C14H22ClNO2. The van der Waals surface area contributed by atoms with Crippen LogP contribution in [0.4, 0.5) is 0 Å². The number of hydrogen-bond donors (Lipinski definition) is 1. The third kappa shape index (κ3) is 5.83. The third-order valence-corrected chi connectivity index (χ3v) is 3.11. The smallest absolute Gasteiger partial charge is 0.0700 e. The van der Waals surface area contributed by atoms with Gasteiger partial charge in [0.1, 0.15) is 0 Å². The standard InChI is InChI=1S/C14H22ClNO2/c1-17-8-9-18-7-3-5-13(11-16)12-4-2-6-14(15)10-12/h2,4,6,10,13H,3,5,7-9,11,16H2,1H3. The molecular weight excluding hydrogens is 250 g/mol. The van der Waals surface area contributed by atoms with Crippen molar-refractivity contribution in [1.82, 2.24) is 0 Å². The number of hydrogen-bond acceptors (Lipinski definition) is 3. The van der Waals surface area contributed by atoms with Gasteiger partial charge in [0.15, 0.2) is 0 Å². The molecule has 0 bridgehead atoms. The first-order chi connectivity index (χ1) is 8.77. The Labute approximate surface area is 114 Å². The van der Waals surface area contributed by atoms with Crippen LogP contribution in [0.3, 0.4) is 0 Å². The average Bonchev–Trinajstić information content (AvgIpc) is 2.38. The molecule has 0 saturated carbocycles. The van der Waals surface area contributed by atoms with E-state index in [0.29, 0.717) is 25.7 Å². The first-order valence-electron chi connectivity index (χ1n) is 6.30. The zero-order valence-corrected chi connectivity index (χ0v) is 11.7. The lowest BCUT2D eigenvalue weighted by molar-refractivity contribution is 0.0682. The average molecular weight is 272 g/mol. The maximum absolute atomic E-state index is 5.99. The van der Waals surface area contributed by atoms with Crippen molar-refractivity contribution in [3.63, 3.8) is 0 Å². The van der Waals surface area contributed by atoms with E-state index in [-0.39, 0.29) is 0 Å². The molecule has 1 atom stereocenters. The van der Waals surface area contributed by atoms with Crippen molar-refractivity contribution >= 4 is 11.6 Å². The SMILES string of the molecule is COCCOCCCC(CN)c1cccc(Cl)c1. The fourth-order valence-corrected chi connectivity index (χ4v) is 2.06. The first kappa shape index (κ1) is 15.4. The summed E-state index contributed by atoms with van der Waals surface area (Å²) in [6, 6.07) is 7.92. The molecule has 0 aliphatic carbocycles. The summed E-state index contributed by atoms with van der Waals surface area (Å²) in [5.41, 5.74) is 7.02. The quantitative estimate of drug-likeness (QED) is 0.703. The maximum atomic E-state index is 5.99. The molecule has 18 heavy (non-hydrogen) atoms. The Hall–Kier alpha value is -0.610. The fraction of sp³-hybridized carbons (Fsp3) is 0.571. The van der Waals surface area contributed by atoms with Crippen LogP contribution in [0.5, 0.6) is 0 Å². The molecule has 3 nitrogen and oxygen atoms in total. The monoisotopic (exact) mass is 271 g/mol. The van der Waals surface area contributed by atoms with E-state index in [1.165, 1.54) is 5.56 Å². The molecule has 1 aromatic carbocycles. The van der Waals surface area contributed by atoms with Gasteiger partial charge in [-0.1, -0.05) is 23.7 Å². The van der Waals surface area contributed by atoms with Crippen LogP contribution in [0.25, 0.3) is 0 Å². The van der Waals surface area contributed by atoms with Crippen molar-refractivity contribution in [2.24, 2.45) is 5.73 Å². The fourth-order valence-electron chi connectivity index (χ4n) is 1.86. The lowest BCUT2D eigenvalue weighted by Crippen LogP contribution is -2.13. The van der Waals surface area contributed by atoms with Gasteiger partial charge < -0.3 is 15.2 Å². The molecule has 2 N–H and O–H groups in total. The van der Waals surface area contributed by atoms with Crippen LogP contribution in [0.1, 0.15) is 24.3 Å². The molecule has 1 aromatic rings. The highest BCUT2D eigenvalue weighted by Gasteiger charge is 2.09. The zero-order chi connectivity index (χ0) is 13.2. The molecule has 4 heteroatoms. The first-order valence-corrected chi connectivity index (χ1v) is 6.68. The van der Waals surface area contributed by atoms with E-state index in [4.69, 9.17) is 26.8 Å². The highest BCUT2D eigenvalue weighted by Crippen LogP contribution is 2.22. The summed E-state index contributed by atoms with van der Waals surface area (Å²) in [6.07, 6.45) is 2.02. The normalized spacial score (nSPS) is 12.6. The molecule has 0 saturated heterocycles. The Morgan fingerprint density at radius 3 is 2.78 bits per heavy atom. The Bertz CT molecular complexity index is 333. The van der Waals surface area contributed by atoms with E-state index in [1.54, 1.807) is 7.11 Å². The van der Waals surface area contributed by atoms with Crippen molar-refractivity contribution in [3.8, 4) is 0 Å². The topological polar surface area (TPSA) is 44.5 Å². The minimum atomic E-state index is 0.356. The van der Waals surface area contributed by atoms with Gasteiger partial charge >= 0.3 is 0 Å². The van der Waals surface area contributed by atoms with Crippen LogP contribution in [-0.4, -0.2) is 33.5 Å². The Kier molecular flexibility index (Phi) is 8.01. The van der Waals surface area contributed by atoms with Crippen LogP contribution >= 0.6 is 11.6 Å². The van der Waals surface area contributed by atoms with Gasteiger partial charge in [-0.15, -0.1) is 0 Å². The lowest BCUT2D eigenvalue weighted by Gasteiger charge is -2.15. The molecule has 0 fully saturated rings. The van der Waals surface area contributed by atoms with Crippen LogP contribution < -0.4 is 5.73 Å². The molecule has 0 aliphatic rings. The number of benzene rings is 1. The van der Waals surface area contributed by atoms with Gasteiger partial charge in [-0.3, -0.25) is 0 Å². The van der Waals surface area contributed by atoms with Gasteiger partial charge in [0.25, 0.3) is 0 Å². The van der Waals surface area contributed by atoms with E-state index < -0.39 is 0 Å². The van der Waals surface area contributed by atoms with Gasteiger partial charge in [-0.25, -0.2) is 0 Å². The van der Waals surface area contributed by atoms with Gasteiger partial charge in [0.05, 0.1) is 13.2 Å². The number of halogens is 1. The second-order valence-corrected chi connectivity index (χ2v) is 4.67. The summed E-state index contributed by atoms with van der Waals surface area (Å²) < 4.78 is 10.4. The predicted octanol–water partition coefficient (Wildman–Crippen LogP) is 2.83. The summed E-state index contributed by atoms with van der Waals surface area (Å²) >= 11 is 5.99. The minimum Gasteiger partial charge on any atom is -0.382 e. The van der Waals surface area contributed by atoms with Crippen LogP contribution in [-0.2, 0) is 9.47 Å². The Morgan fingerprint density at radius 2 is 2.11 bits per heavy atom. The summed E-state index contributed by atoms with van der Waals surface area (Å²) in [4.78, 5) is 0. The van der Waals surface area contributed by atoms with Crippen LogP contribution in [0, 0.1) is 0 Å². The molecule has 0 aliphatic heterocycles. The highest BCUT2D eigenvalue weighted by atomic mass is 35.5. The molecule has 1 unspecified atom stereocenters. The Balaban J connectivity index is 2.29. The molecule has 1 rings (SSSR count). The number of rotatable bonds is 9. The Morgan fingerprint density at radius 1 is 1.28 bits per heavy atom. The lowest BCUT2D eigenvalue weighted by atomic mass is 9.94. The highest BCUT2D eigenvalue weighted by molar-refractivity contribution is 6.30.